The highest BCUT2D eigenvalue weighted by Gasteiger charge is 2.06. The van der Waals surface area contributed by atoms with E-state index in [1.165, 1.54) is 7.11 Å². The molecule has 0 fully saturated rings. The second-order valence-corrected chi connectivity index (χ2v) is 3.08. The van der Waals surface area contributed by atoms with Crippen LogP contribution in [0.3, 0.4) is 0 Å². The Morgan fingerprint density at radius 1 is 1.31 bits per heavy atom. The summed E-state index contributed by atoms with van der Waals surface area (Å²) in [6.07, 6.45) is 1.56. The van der Waals surface area contributed by atoms with Crippen LogP contribution in [0.2, 0.25) is 5.28 Å². The highest BCUT2D eigenvalue weighted by atomic mass is 35.5. The summed E-state index contributed by atoms with van der Waals surface area (Å²) in [6, 6.07) is 3.74. The summed E-state index contributed by atoms with van der Waals surface area (Å²) in [4.78, 5) is 11.4. The second-order valence-electron chi connectivity index (χ2n) is 2.74. The van der Waals surface area contributed by atoms with Crippen molar-refractivity contribution in [1.29, 1.82) is 0 Å². The van der Waals surface area contributed by atoms with Gasteiger partial charge in [-0.2, -0.15) is 9.97 Å². The first-order chi connectivity index (χ1) is 7.78. The van der Waals surface area contributed by atoms with E-state index in [-0.39, 0.29) is 23.9 Å². The summed E-state index contributed by atoms with van der Waals surface area (Å²) in [5, 5.41) is 0.0151. The Morgan fingerprint density at radius 3 is 2.81 bits per heavy atom. The van der Waals surface area contributed by atoms with Crippen molar-refractivity contribution in [3.05, 3.63) is 29.4 Å². The summed E-state index contributed by atoms with van der Waals surface area (Å²) in [6.45, 7) is 0.219. The maximum absolute atomic E-state index is 5.64. The highest BCUT2D eigenvalue weighted by molar-refractivity contribution is 6.28. The van der Waals surface area contributed by atoms with Gasteiger partial charge in [0.2, 0.25) is 5.28 Å². The van der Waals surface area contributed by atoms with Gasteiger partial charge in [0.15, 0.2) is 0 Å². The van der Waals surface area contributed by atoms with Crippen LogP contribution >= 0.6 is 11.6 Å². The first-order valence-electron chi connectivity index (χ1n) is 4.38. The summed E-state index contributed by atoms with van der Waals surface area (Å²) in [5.74, 6) is 0.663. The lowest BCUT2D eigenvalue weighted by Crippen LogP contribution is -2.02. The van der Waals surface area contributed by atoms with E-state index in [1.54, 1.807) is 18.4 Å². The molecule has 0 aliphatic heterocycles. The van der Waals surface area contributed by atoms with Crippen LogP contribution in [0.5, 0.6) is 12.0 Å². The van der Waals surface area contributed by atoms with Crippen LogP contribution in [-0.2, 0) is 6.61 Å². The van der Waals surface area contributed by atoms with Gasteiger partial charge < -0.3 is 13.9 Å². The van der Waals surface area contributed by atoms with Gasteiger partial charge in [-0.3, -0.25) is 0 Å². The number of ether oxygens (including phenoxy) is 2. The van der Waals surface area contributed by atoms with E-state index in [4.69, 9.17) is 25.5 Å². The predicted octanol–water partition coefficient (Wildman–Crippen LogP) is 1.71. The fraction of sp³-hybridized carbons (Fsp3) is 0.222. The molecule has 2 aromatic heterocycles. The number of methoxy groups -OCH3 is 1. The van der Waals surface area contributed by atoms with Crippen LogP contribution in [0, 0.1) is 0 Å². The molecule has 0 unspecified atom stereocenters. The molecule has 16 heavy (non-hydrogen) atoms. The Bertz CT molecular complexity index is 461. The number of hydrogen-bond acceptors (Lipinski definition) is 6. The summed E-state index contributed by atoms with van der Waals surface area (Å²) in [7, 11) is 1.43. The van der Waals surface area contributed by atoms with Crippen LogP contribution in [0.15, 0.2) is 22.8 Å². The molecule has 0 N–H and O–H groups in total. The Kier molecular flexibility index (Phi) is 3.21. The molecular formula is C9H8ClN3O3. The zero-order valence-corrected chi connectivity index (χ0v) is 9.14. The minimum absolute atomic E-state index is 0.0151. The fourth-order valence-electron chi connectivity index (χ4n) is 1.00. The first-order valence-corrected chi connectivity index (χ1v) is 4.76. The summed E-state index contributed by atoms with van der Waals surface area (Å²) < 4.78 is 15.2. The van der Waals surface area contributed by atoms with Crippen molar-refractivity contribution >= 4 is 11.6 Å². The Balaban J connectivity index is 2.06. The summed E-state index contributed by atoms with van der Waals surface area (Å²) in [5.41, 5.74) is 0. The van der Waals surface area contributed by atoms with Gasteiger partial charge in [0, 0.05) is 0 Å². The van der Waals surface area contributed by atoms with Crippen LogP contribution in [-0.4, -0.2) is 22.1 Å². The van der Waals surface area contributed by atoms with E-state index >= 15 is 0 Å². The van der Waals surface area contributed by atoms with E-state index in [0.717, 1.165) is 0 Å². The molecule has 0 atom stereocenters. The number of nitrogens with zero attached hydrogens (tertiary/aromatic N) is 3. The van der Waals surface area contributed by atoms with Crippen molar-refractivity contribution in [2.24, 2.45) is 0 Å². The molecule has 0 spiro atoms. The Morgan fingerprint density at radius 2 is 2.12 bits per heavy atom. The van der Waals surface area contributed by atoms with Gasteiger partial charge in [-0.1, -0.05) is 0 Å². The Hall–Kier alpha value is -1.82. The van der Waals surface area contributed by atoms with Crippen LogP contribution in [0.4, 0.5) is 0 Å². The zero-order chi connectivity index (χ0) is 11.4. The SMILES string of the molecule is COc1nc(Cl)nc(OCc2ccco2)n1. The van der Waals surface area contributed by atoms with Gasteiger partial charge in [-0.25, -0.2) is 0 Å². The van der Waals surface area contributed by atoms with Gasteiger partial charge in [-0.15, -0.1) is 4.98 Å². The van der Waals surface area contributed by atoms with E-state index in [9.17, 15) is 0 Å². The fourth-order valence-corrected chi connectivity index (χ4v) is 1.15. The second kappa shape index (κ2) is 4.80. The van der Waals surface area contributed by atoms with Crippen LogP contribution in [0.25, 0.3) is 0 Å². The molecule has 0 bridgehead atoms. The van der Waals surface area contributed by atoms with E-state index in [1.807, 2.05) is 0 Å². The molecule has 2 rings (SSSR count). The maximum Gasteiger partial charge on any atom is 0.324 e. The number of halogens is 1. The average molecular weight is 242 g/mol. The third kappa shape index (κ3) is 2.60. The third-order valence-corrected chi connectivity index (χ3v) is 1.84. The van der Waals surface area contributed by atoms with Crippen LogP contribution < -0.4 is 9.47 Å². The van der Waals surface area contributed by atoms with Crippen molar-refractivity contribution in [2.75, 3.05) is 7.11 Å². The Labute approximate surface area is 96.2 Å². The predicted molar refractivity (Wildman–Crippen MR) is 54.4 cm³/mol. The van der Waals surface area contributed by atoms with E-state index in [0.29, 0.717) is 5.76 Å². The number of aromatic nitrogens is 3. The normalized spacial score (nSPS) is 10.1. The smallest absolute Gasteiger partial charge is 0.324 e. The van der Waals surface area contributed by atoms with Gasteiger partial charge in [0.05, 0.1) is 13.4 Å². The lowest BCUT2D eigenvalue weighted by molar-refractivity contribution is 0.243. The molecule has 7 heteroatoms. The molecule has 2 aromatic rings. The lowest BCUT2D eigenvalue weighted by Gasteiger charge is -2.03. The third-order valence-electron chi connectivity index (χ3n) is 1.67. The van der Waals surface area contributed by atoms with Crippen molar-refractivity contribution in [1.82, 2.24) is 15.0 Å². The molecular weight excluding hydrogens is 234 g/mol. The molecule has 0 aliphatic carbocycles. The molecule has 6 nitrogen and oxygen atoms in total. The molecule has 0 aromatic carbocycles. The molecule has 0 radical (unpaired) electrons. The first kappa shape index (κ1) is 10.7. The standard InChI is InChI=1S/C9H8ClN3O3/c1-14-8-11-7(10)12-9(13-8)16-5-6-3-2-4-15-6/h2-4H,5H2,1H3. The highest BCUT2D eigenvalue weighted by Crippen LogP contribution is 2.13. The van der Waals surface area contributed by atoms with Gasteiger partial charge in [0.1, 0.15) is 12.4 Å². The molecule has 0 saturated carbocycles. The van der Waals surface area contributed by atoms with Crippen LogP contribution in [0.1, 0.15) is 5.76 Å². The average Bonchev–Trinajstić information content (AvgIpc) is 2.78. The number of hydrogen-bond donors (Lipinski definition) is 0. The molecule has 0 aliphatic rings. The van der Waals surface area contributed by atoms with Crippen molar-refractivity contribution in [2.45, 2.75) is 6.61 Å². The maximum atomic E-state index is 5.64. The monoisotopic (exact) mass is 241 g/mol. The quantitative estimate of drug-likeness (QED) is 0.812. The van der Waals surface area contributed by atoms with Crippen molar-refractivity contribution in [3.63, 3.8) is 0 Å². The van der Waals surface area contributed by atoms with Gasteiger partial charge in [-0.05, 0) is 23.7 Å². The van der Waals surface area contributed by atoms with E-state index in [2.05, 4.69) is 15.0 Å². The molecule has 0 amide bonds. The minimum atomic E-state index is 0.0151. The molecule has 84 valence electrons. The number of furan rings is 1. The molecule has 2 heterocycles. The zero-order valence-electron chi connectivity index (χ0n) is 8.38. The van der Waals surface area contributed by atoms with Crippen molar-refractivity contribution in [3.8, 4) is 12.0 Å². The minimum Gasteiger partial charge on any atom is -0.467 e. The lowest BCUT2D eigenvalue weighted by atomic mass is 10.5. The van der Waals surface area contributed by atoms with Crippen molar-refractivity contribution < 1.29 is 13.9 Å². The summed E-state index contributed by atoms with van der Waals surface area (Å²) >= 11 is 5.64. The largest absolute Gasteiger partial charge is 0.467 e. The number of rotatable bonds is 4. The van der Waals surface area contributed by atoms with Gasteiger partial charge >= 0.3 is 12.0 Å². The molecule has 0 saturated heterocycles. The van der Waals surface area contributed by atoms with Gasteiger partial charge in [0.25, 0.3) is 0 Å². The topological polar surface area (TPSA) is 70.3 Å². The van der Waals surface area contributed by atoms with E-state index < -0.39 is 0 Å².